The number of amides is 1. The van der Waals surface area contributed by atoms with Gasteiger partial charge in [-0.15, -0.1) is 0 Å². The highest BCUT2D eigenvalue weighted by molar-refractivity contribution is 6.30. The molecule has 0 saturated heterocycles. The lowest BCUT2D eigenvalue weighted by Crippen LogP contribution is -2.24. The summed E-state index contributed by atoms with van der Waals surface area (Å²) >= 11 is 5.81. The second-order valence-corrected chi connectivity index (χ2v) is 8.11. The van der Waals surface area contributed by atoms with Crippen molar-refractivity contribution in [2.75, 3.05) is 11.9 Å². The maximum atomic E-state index is 13.3. The Morgan fingerprint density at radius 1 is 1.27 bits per heavy atom. The van der Waals surface area contributed by atoms with Gasteiger partial charge in [-0.2, -0.15) is 5.10 Å². The van der Waals surface area contributed by atoms with Gasteiger partial charge in [0.15, 0.2) is 11.5 Å². The van der Waals surface area contributed by atoms with Crippen LogP contribution >= 0.6 is 11.6 Å². The SMILES string of the molecule is Cn1nc(NCC2CCCCC2)c2ncnc(C(=O)NCc3ccc(F)c(Cl)c3)c21. The molecule has 9 heteroatoms. The molecule has 3 aromatic rings. The van der Waals surface area contributed by atoms with E-state index in [2.05, 4.69) is 25.7 Å². The topological polar surface area (TPSA) is 84.7 Å². The standard InChI is InChI=1S/C21H24ClFN6O/c1-29-19-17(20(28-29)24-10-13-5-3-2-4-6-13)26-12-27-18(19)21(30)25-11-14-7-8-16(23)15(22)9-14/h7-9,12-13H,2-6,10-11H2,1H3,(H,24,28)(H,25,30). The summed E-state index contributed by atoms with van der Waals surface area (Å²) in [7, 11) is 1.77. The van der Waals surface area contributed by atoms with Crippen LogP contribution in [-0.4, -0.2) is 32.2 Å². The lowest BCUT2D eigenvalue weighted by Gasteiger charge is -2.21. The molecule has 1 aromatic carbocycles. The van der Waals surface area contributed by atoms with Gasteiger partial charge in [-0.3, -0.25) is 9.48 Å². The first-order valence-electron chi connectivity index (χ1n) is 10.2. The highest BCUT2D eigenvalue weighted by Crippen LogP contribution is 2.26. The van der Waals surface area contributed by atoms with Crippen LogP contribution in [0.1, 0.15) is 48.2 Å². The molecule has 1 amide bonds. The van der Waals surface area contributed by atoms with E-state index >= 15 is 0 Å². The van der Waals surface area contributed by atoms with Crippen LogP contribution in [0, 0.1) is 11.7 Å². The van der Waals surface area contributed by atoms with Crippen LogP contribution in [-0.2, 0) is 13.6 Å². The molecule has 0 unspecified atom stereocenters. The van der Waals surface area contributed by atoms with Crippen LogP contribution in [0.5, 0.6) is 0 Å². The molecular formula is C21H24ClFN6O. The number of aromatic nitrogens is 4. The molecule has 7 nitrogen and oxygen atoms in total. The predicted octanol–water partition coefficient (Wildman–Crippen LogP) is 4.08. The third-order valence-electron chi connectivity index (χ3n) is 5.56. The maximum Gasteiger partial charge on any atom is 0.272 e. The molecule has 2 N–H and O–H groups in total. The number of benzene rings is 1. The van der Waals surface area contributed by atoms with E-state index in [1.165, 1.54) is 50.6 Å². The summed E-state index contributed by atoms with van der Waals surface area (Å²) in [6.45, 7) is 1.05. The Morgan fingerprint density at radius 3 is 2.83 bits per heavy atom. The van der Waals surface area contributed by atoms with Crippen LogP contribution in [0.3, 0.4) is 0 Å². The van der Waals surface area contributed by atoms with Crippen molar-refractivity contribution in [1.29, 1.82) is 0 Å². The number of halogens is 2. The molecule has 0 aliphatic heterocycles. The van der Waals surface area contributed by atoms with Gasteiger partial charge < -0.3 is 10.6 Å². The minimum atomic E-state index is -0.493. The fourth-order valence-electron chi connectivity index (χ4n) is 3.94. The number of hydrogen-bond donors (Lipinski definition) is 2. The summed E-state index contributed by atoms with van der Waals surface area (Å²) in [5, 5.41) is 10.8. The van der Waals surface area contributed by atoms with Crippen molar-refractivity contribution in [1.82, 2.24) is 25.1 Å². The van der Waals surface area contributed by atoms with E-state index in [1.54, 1.807) is 17.8 Å². The molecule has 30 heavy (non-hydrogen) atoms. The van der Waals surface area contributed by atoms with Crippen LogP contribution < -0.4 is 10.6 Å². The number of fused-ring (bicyclic) bond motifs is 1. The average molecular weight is 431 g/mol. The molecule has 2 heterocycles. The Hall–Kier alpha value is -2.74. The molecule has 1 aliphatic carbocycles. The Balaban J connectivity index is 1.50. The zero-order valence-corrected chi connectivity index (χ0v) is 17.5. The predicted molar refractivity (Wildman–Crippen MR) is 114 cm³/mol. The molecule has 0 atom stereocenters. The number of anilines is 1. The van der Waals surface area contributed by atoms with Crippen LogP contribution in [0.15, 0.2) is 24.5 Å². The van der Waals surface area contributed by atoms with Crippen molar-refractivity contribution in [3.05, 3.63) is 46.6 Å². The molecule has 158 valence electrons. The van der Waals surface area contributed by atoms with E-state index in [4.69, 9.17) is 11.6 Å². The lowest BCUT2D eigenvalue weighted by atomic mass is 9.89. The fourth-order valence-corrected chi connectivity index (χ4v) is 4.14. The van der Waals surface area contributed by atoms with E-state index in [1.807, 2.05) is 0 Å². The molecule has 0 radical (unpaired) electrons. The summed E-state index contributed by atoms with van der Waals surface area (Å²) < 4.78 is 14.9. The lowest BCUT2D eigenvalue weighted by molar-refractivity contribution is 0.0947. The van der Waals surface area contributed by atoms with Crippen molar-refractivity contribution in [2.45, 2.75) is 38.6 Å². The normalized spacial score (nSPS) is 14.8. The molecule has 2 aromatic heterocycles. The van der Waals surface area contributed by atoms with Gasteiger partial charge >= 0.3 is 0 Å². The monoisotopic (exact) mass is 430 g/mol. The maximum absolute atomic E-state index is 13.3. The van der Waals surface area contributed by atoms with Crippen LogP contribution in [0.25, 0.3) is 11.0 Å². The van der Waals surface area contributed by atoms with E-state index in [9.17, 15) is 9.18 Å². The van der Waals surface area contributed by atoms with Gasteiger partial charge in [-0.05, 0) is 36.5 Å². The van der Waals surface area contributed by atoms with Gasteiger partial charge in [0.2, 0.25) is 0 Å². The van der Waals surface area contributed by atoms with Crippen molar-refractivity contribution in [2.24, 2.45) is 13.0 Å². The van der Waals surface area contributed by atoms with Crippen molar-refractivity contribution < 1.29 is 9.18 Å². The number of rotatable bonds is 6. The summed E-state index contributed by atoms with van der Waals surface area (Å²) in [4.78, 5) is 21.3. The third kappa shape index (κ3) is 4.38. The van der Waals surface area contributed by atoms with Gasteiger partial charge in [0.05, 0.1) is 5.02 Å². The number of nitrogens with zero attached hydrogens (tertiary/aromatic N) is 4. The van der Waals surface area contributed by atoms with E-state index in [0.29, 0.717) is 28.3 Å². The number of nitrogens with one attached hydrogen (secondary N) is 2. The molecule has 1 saturated carbocycles. The number of aryl methyl sites for hydroxylation is 1. The Morgan fingerprint density at radius 2 is 2.07 bits per heavy atom. The highest BCUT2D eigenvalue weighted by atomic mass is 35.5. The van der Waals surface area contributed by atoms with Gasteiger partial charge in [0, 0.05) is 20.1 Å². The summed E-state index contributed by atoms with van der Waals surface area (Å²) in [6, 6.07) is 4.34. The molecule has 4 rings (SSSR count). The second kappa shape index (κ2) is 8.95. The zero-order chi connectivity index (χ0) is 21.1. The number of carbonyl (C=O) groups is 1. The summed E-state index contributed by atoms with van der Waals surface area (Å²) in [5.41, 5.74) is 2.13. The average Bonchev–Trinajstić information content (AvgIpc) is 3.09. The van der Waals surface area contributed by atoms with Crippen LogP contribution in [0.4, 0.5) is 10.2 Å². The first kappa shape index (κ1) is 20.5. The summed E-state index contributed by atoms with van der Waals surface area (Å²) in [6.07, 6.45) is 7.71. The Bertz CT molecular complexity index is 1060. The molecule has 0 spiro atoms. The van der Waals surface area contributed by atoms with Crippen molar-refractivity contribution in [3.8, 4) is 0 Å². The molecular weight excluding hydrogens is 407 g/mol. The first-order chi connectivity index (χ1) is 14.5. The fraction of sp³-hybridized carbons (Fsp3) is 0.429. The number of carbonyl (C=O) groups excluding carboxylic acids is 1. The van der Waals surface area contributed by atoms with E-state index < -0.39 is 5.82 Å². The molecule has 0 bridgehead atoms. The zero-order valence-electron chi connectivity index (χ0n) is 16.8. The van der Waals surface area contributed by atoms with Crippen molar-refractivity contribution >= 4 is 34.4 Å². The second-order valence-electron chi connectivity index (χ2n) is 7.71. The minimum Gasteiger partial charge on any atom is -0.366 e. The molecule has 1 aliphatic rings. The smallest absolute Gasteiger partial charge is 0.272 e. The third-order valence-corrected chi connectivity index (χ3v) is 5.84. The first-order valence-corrected chi connectivity index (χ1v) is 10.5. The Kier molecular flexibility index (Phi) is 6.13. The van der Waals surface area contributed by atoms with Gasteiger partial charge in [0.1, 0.15) is 23.2 Å². The van der Waals surface area contributed by atoms with Gasteiger partial charge in [0.25, 0.3) is 5.91 Å². The van der Waals surface area contributed by atoms with E-state index in [-0.39, 0.29) is 23.2 Å². The molecule has 1 fully saturated rings. The van der Waals surface area contributed by atoms with Crippen LogP contribution in [0.2, 0.25) is 5.02 Å². The minimum absolute atomic E-state index is 0.0199. The number of hydrogen-bond acceptors (Lipinski definition) is 5. The van der Waals surface area contributed by atoms with Gasteiger partial charge in [-0.1, -0.05) is 36.9 Å². The quantitative estimate of drug-likeness (QED) is 0.615. The Labute approximate surface area is 179 Å². The van der Waals surface area contributed by atoms with Crippen molar-refractivity contribution in [3.63, 3.8) is 0 Å². The highest BCUT2D eigenvalue weighted by Gasteiger charge is 2.21. The van der Waals surface area contributed by atoms with Gasteiger partial charge in [-0.25, -0.2) is 14.4 Å². The van der Waals surface area contributed by atoms with E-state index in [0.717, 1.165) is 6.54 Å². The largest absolute Gasteiger partial charge is 0.366 e. The summed E-state index contributed by atoms with van der Waals surface area (Å²) in [5.74, 6) is 0.458.